The third-order valence-corrected chi connectivity index (χ3v) is 5.02. The van der Waals surface area contributed by atoms with E-state index in [-0.39, 0.29) is 18.2 Å². The third-order valence-electron chi connectivity index (χ3n) is 5.02. The highest BCUT2D eigenvalue weighted by molar-refractivity contribution is 6.16. The van der Waals surface area contributed by atoms with Crippen molar-refractivity contribution in [3.63, 3.8) is 0 Å². The molecule has 0 aliphatic carbocycles. The molecule has 1 aliphatic rings. The number of anilines is 1. The van der Waals surface area contributed by atoms with Gasteiger partial charge >= 0.3 is 11.8 Å². The van der Waals surface area contributed by atoms with E-state index in [0.29, 0.717) is 16.7 Å². The molecule has 1 aromatic heterocycles. The summed E-state index contributed by atoms with van der Waals surface area (Å²) in [5.74, 6) is -1.30. The number of benzene rings is 2. The van der Waals surface area contributed by atoms with Crippen LogP contribution in [0.2, 0.25) is 0 Å². The zero-order valence-corrected chi connectivity index (χ0v) is 16.6. The van der Waals surface area contributed by atoms with Crippen molar-refractivity contribution in [3.05, 3.63) is 95.7 Å². The molecule has 0 spiro atoms. The molecule has 158 valence electrons. The van der Waals surface area contributed by atoms with Crippen LogP contribution in [0.4, 0.5) is 19.0 Å². The van der Waals surface area contributed by atoms with E-state index in [1.165, 1.54) is 6.20 Å². The van der Waals surface area contributed by atoms with Gasteiger partial charge in [0.05, 0.1) is 6.54 Å². The van der Waals surface area contributed by atoms with Gasteiger partial charge in [0.15, 0.2) is 0 Å². The van der Waals surface area contributed by atoms with E-state index in [4.69, 9.17) is 0 Å². The average Bonchev–Trinajstić information content (AvgIpc) is 3.04. The summed E-state index contributed by atoms with van der Waals surface area (Å²) < 4.78 is 43.3. The Morgan fingerprint density at radius 1 is 0.968 bits per heavy atom. The Labute approximate surface area is 177 Å². The predicted molar refractivity (Wildman–Crippen MR) is 111 cm³/mol. The normalized spacial score (nSPS) is 18.8. The first kappa shape index (κ1) is 20.6. The predicted octanol–water partition coefficient (Wildman–Crippen LogP) is 4.55. The number of amides is 1. The standard InChI is InChI=1S/C23H19F3N4O/c1-16-9-8-14-27-19(16)28-22(23(24,25)26)21(31)30(15-17-10-4-2-5-11-17)20(29-22)18-12-6-3-7-13-18/h2-14H,15H2,1H3,(H,27,28). The fraction of sp³-hybridized carbons (Fsp3) is 0.174. The fourth-order valence-corrected chi connectivity index (χ4v) is 3.40. The largest absolute Gasteiger partial charge is 0.442 e. The summed E-state index contributed by atoms with van der Waals surface area (Å²) in [4.78, 5) is 22.4. The Balaban J connectivity index is 1.85. The van der Waals surface area contributed by atoms with Crippen LogP contribution in [-0.4, -0.2) is 33.5 Å². The minimum absolute atomic E-state index is 0.0475. The monoisotopic (exact) mass is 424 g/mol. The highest BCUT2D eigenvalue weighted by Gasteiger charge is 2.66. The Kier molecular flexibility index (Phi) is 5.22. The third kappa shape index (κ3) is 3.76. The fourth-order valence-electron chi connectivity index (χ4n) is 3.40. The smallest absolute Gasteiger partial charge is 0.330 e. The first-order valence-electron chi connectivity index (χ1n) is 9.59. The molecule has 0 bridgehead atoms. The van der Waals surface area contributed by atoms with Gasteiger partial charge in [-0.2, -0.15) is 13.2 Å². The summed E-state index contributed by atoms with van der Waals surface area (Å²) in [6, 6.07) is 20.4. The number of aromatic nitrogens is 1. The Bertz CT molecular complexity index is 1120. The first-order chi connectivity index (χ1) is 14.8. The molecule has 3 aromatic rings. The minimum atomic E-state index is -5.00. The van der Waals surface area contributed by atoms with Crippen LogP contribution in [0.3, 0.4) is 0 Å². The van der Waals surface area contributed by atoms with E-state index in [0.717, 1.165) is 4.90 Å². The lowest BCUT2D eigenvalue weighted by Gasteiger charge is -2.30. The van der Waals surface area contributed by atoms with Gasteiger partial charge in [-0.05, 0) is 24.1 Å². The number of amidine groups is 1. The topological polar surface area (TPSA) is 57.6 Å². The SMILES string of the molecule is Cc1cccnc1NC1(C(F)(F)F)N=C(c2ccccc2)N(Cc2ccccc2)C1=O. The first-order valence-corrected chi connectivity index (χ1v) is 9.59. The molecule has 1 aliphatic heterocycles. The Morgan fingerprint density at radius 2 is 1.61 bits per heavy atom. The lowest BCUT2D eigenvalue weighted by atomic mass is 10.1. The number of hydrogen-bond acceptors (Lipinski definition) is 4. The maximum absolute atomic E-state index is 14.4. The van der Waals surface area contributed by atoms with Gasteiger partial charge in [0.1, 0.15) is 11.7 Å². The van der Waals surface area contributed by atoms with Crippen molar-refractivity contribution in [1.82, 2.24) is 9.88 Å². The van der Waals surface area contributed by atoms with Crippen LogP contribution in [0.25, 0.3) is 0 Å². The van der Waals surface area contributed by atoms with Crippen LogP contribution >= 0.6 is 0 Å². The number of carbonyl (C=O) groups is 1. The second-order valence-corrected chi connectivity index (χ2v) is 7.18. The number of alkyl halides is 3. The van der Waals surface area contributed by atoms with Gasteiger partial charge < -0.3 is 5.32 Å². The highest BCUT2D eigenvalue weighted by atomic mass is 19.4. The summed E-state index contributed by atoms with van der Waals surface area (Å²) in [6.07, 6.45) is -3.64. The van der Waals surface area contributed by atoms with E-state index < -0.39 is 17.7 Å². The Morgan fingerprint density at radius 3 is 2.23 bits per heavy atom. The van der Waals surface area contributed by atoms with Gasteiger partial charge in [-0.15, -0.1) is 0 Å². The molecular formula is C23H19F3N4O. The van der Waals surface area contributed by atoms with Gasteiger partial charge in [-0.3, -0.25) is 9.69 Å². The number of aliphatic imine (C=N–C) groups is 1. The molecule has 2 aromatic carbocycles. The molecule has 1 atom stereocenters. The number of halogens is 3. The van der Waals surface area contributed by atoms with Crippen LogP contribution in [-0.2, 0) is 11.3 Å². The molecule has 2 heterocycles. The van der Waals surface area contributed by atoms with E-state index >= 15 is 0 Å². The molecule has 1 unspecified atom stereocenters. The second-order valence-electron chi connectivity index (χ2n) is 7.18. The molecule has 8 heteroatoms. The van der Waals surface area contributed by atoms with Crippen molar-refractivity contribution in [2.75, 3.05) is 5.32 Å². The molecule has 1 N–H and O–H groups in total. The van der Waals surface area contributed by atoms with Crippen LogP contribution < -0.4 is 5.32 Å². The molecule has 0 saturated heterocycles. The molecule has 1 amide bonds. The lowest BCUT2D eigenvalue weighted by Crippen LogP contribution is -2.58. The summed E-state index contributed by atoms with van der Waals surface area (Å²) in [7, 11) is 0. The molecule has 5 nitrogen and oxygen atoms in total. The lowest BCUT2D eigenvalue weighted by molar-refractivity contribution is -0.185. The van der Waals surface area contributed by atoms with E-state index in [2.05, 4.69) is 15.3 Å². The van der Waals surface area contributed by atoms with Crippen molar-refractivity contribution in [2.24, 2.45) is 4.99 Å². The van der Waals surface area contributed by atoms with Gasteiger partial charge in [0, 0.05) is 11.8 Å². The summed E-state index contributed by atoms with van der Waals surface area (Å²) in [5.41, 5.74) is -1.60. The van der Waals surface area contributed by atoms with E-state index in [9.17, 15) is 18.0 Å². The number of hydrogen-bond donors (Lipinski definition) is 1. The van der Waals surface area contributed by atoms with Crippen LogP contribution in [0, 0.1) is 6.92 Å². The molecule has 31 heavy (non-hydrogen) atoms. The Hall–Kier alpha value is -3.68. The van der Waals surface area contributed by atoms with Crippen molar-refractivity contribution in [2.45, 2.75) is 25.3 Å². The molecule has 0 fully saturated rings. The van der Waals surface area contributed by atoms with Crippen LogP contribution in [0.5, 0.6) is 0 Å². The maximum Gasteiger partial charge on any atom is 0.442 e. The minimum Gasteiger partial charge on any atom is -0.330 e. The van der Waals surface area contributed by atoms with Gasteiger partial charge in [-0.25, -0.2) is 9.98 Å². The summed E-state index contributed by atoms with van der Waals surface area (Å²) >= 11 is 0. The van der Waals surface area contributed by atoms with E-state index in [1.807, 2.05) is 0 Å². The van der Waals surface area contributed by atoms with Crippen LogP contribution in [0.15, 0.2) is 84.0 Å². The molecule has 0 saturated carbocycles. The molecular weight excluding hydrogens is 405 g/mol. The average molecular weight is 424 g/mol. The summed E-state index contributed by atoms with van der Waals surface area (Å²) in [6.45, 7) is 1.57. The highest BCUT2D eigenvalue weighted by Crippen LogP contribution is 2.41. The van der Waals surface area contributed by atoms with Gasteiger partial charge in [0.2, 0.25) is 0 Å². The zero-order valence-electron chi connectivity index (χ0n) is 16.6. The number of carbonyl (C=O) groups excluding carboxylic acids is 1. The maximum atomic E-state index is 14.4. The second kappa shape index (κ2) is 7.86. The van der Waals surface area contributed by atoms with Crippen molar-refractivity contribution in [3.8, 4) is 0 Å². The number of pyridine rings is 1. The number of rotatable bonds is 5. The summed E-state index contributed by atoms with van der Waals surface area (Å²) in [5, 5.41) is 2.31. The van der Waals surface area contributed by atoms with Crippen LogP contribution in [0.1, 0.15) is 16.7 Å². The number of nitrogens with zero attached hydrogens (tertiary/aromatic N) is 3. The van der Waals surface area contributed by atoms with E-state index in [1.54, 1.807) is 79.7 Å². The quantitative estimate of drug-likeness (QED) is 0.654. The molecule has 0 radical (unpaired) electrons. The van der Waals surface area contributed by atoms with Gasteiger partial charge in [0.25, 0.3) is 5.91 Å². The van der Waals surface area contributed by atoms with Gasteiger partial charge in [-0.1, -0.05) is 66.7 Å². The zero-order chi connectivity index (χ0) is 22.1. The van der Waals surface area contributed by atoms with Crippen molar-refractivity contribution >= 4 is 17.6 Å². The number of aryl methyl sites for hydroxylation is 1. The van der Waals surface area contributed by atoms with Crippen molar-refractivity contribution < 1.29 is 18.0 Å². The molecule has 4 rings (SSSR count). The number of nitrogens with one attached hydrogen (secondary N) is 1. The van der Waals surface area contributed by atoms with Crippen molar-refractivity contribution in [1.29, 1.82) is 0 Å².